The van der Waals surface area contributed by atoms with Crippen molar-refractivity contribution in [2.45, 2.75) is 84.4 Å². The van der Waals surface area contributed by atoms with E-state index in [-0.39, 0.29) is 17.6 Å². The molecule has 318 valence electrons. The van der Waals surface area contributed by atoms with Gasteiger partial charge in [0.1, 0.15) is 6.61 Å². The molecule has 0 unspecified atom stereocenters. The maximum Gasteiger partial charge on any atom is 0.305 e. The number of hydrogen-bond donors (Lipinski definition) is 0. The lowest BCUT2D eigenvalue weighted by atomic mass is 10.1. The Hall–Kier alpha value is -0.793. The molecule has 0 radical (unpaired) electrons. The summed E-state index contributed by atoms with van der Waals surface area (Å²) in [4.78, 5) is 11.6. The molecule has 0 aliphatic carbocycles. The molecule has 0 aliphatic heterocycles. The number of unbranched alkanes of at least 4 members (excludes halogenated alkanes) is 4. The van der Waals surface area contributed by atoms with E-state index in [4.69, 9.17) is 61.3 Å². The Labute approximate surface area is 322 Å². The molecule has 53 heavy (non-hydrogen) atoms. The van der Waals surface area contributed by atoms with Gasteiger partial charge < -0.3 is 61.3 Å². The minimum Gasteiger partial charge on any atom is -0.463 e. The van der Waals surface area contributed by atoms with Gasteiger partial charge in [0, 0.05) is 6.42 Å². The zero-order chi connectivity index (χ0) is 39.0. The standard InChI is InChI=1S/C38H78O14Si/c1-7-8-9-10-11-12-37(39)51-35-33-49-31-29-47-27-25-45-23-21-43-19-17-41-15-13-40-14-16-42-18-20-44-22-24-46-26-28-48-30-32-50-34-36-52-53(5,6)38(2,3)4/h7-36H2,1-6H3. The Morgan fingerprint density at radius 3 is 0.943 bits per heavy atom. The first kappa shape index (κ1) is 52.2. The van der Waals surface area contributed by atoms with Crippen molar-refractivity contribution < 1.29 is 66.1 Å². The van der Waals surface area contributed by atoms with E-state index in [9.17, 15) is 4.79 Å². The Bertz CT molecular complexity index is 757. The summed E-state index contributed by atoms with van der Waals surface area (Å²) < 4.78 is 71.7. The quantitative estimate of drug-likeness (QED) is 0.0461. The van der Waals surface area contributed by atoms with Crippen LogP contribution in [0, 0.1) is 0 Å². The molecule has 0 bridgehead atoms. The average molecular weight is 787 g/mol. The molecule has 0 saturated heterocycles. The van der Waals surface area contributed by atoms with Crippen molar-refractivity contribution in [3.63, 3.8) is 0 Å². The summed E-state index contributed by atoms with van der Waals surface area (Å²) in [6.45, 7) is 25.3. The minimum absolute atomic E-state index is 0.148. The largest absolute Gasteiger partial charge is 0.463 e. The molecule has 0 rings (SSSR count). The number of esters is 1. The summed E-state index contributed by atoms with van der Waals surface area (Å²) in [5.41, 5.74) is 0. The molecule has 0 heterocycles. The average Bonchev–Trinajstić information content (AvgIpc) is 3.12. The number of ether oxygens (including phenoxy) is 12. The lowest BCUT2D eigenvalue weighted by Gasteiger charge is -2.36. The van der Waals surface area contributed by atoms with Crippen molar-refractivity contribution in [1.82, 2.24) is 0 Å². The maximum atomic E-state index is 11.6. The molecule has 0 N–H and O–H groups in total. The van der Waals surface area contributed by atoms with E-state index < -0.39 is 8.32 Å². The Morgan fingerprint density at radius 1 is 0.396 bits per heavy atom. The van der Waals surface area contributed by atoms with E-state index >= 15 is 0 Å². The van der Waals surface area contributed by atoms with Gasteiger partial charge in [0.2, 0.25) is 0 Å². The zero-order valence-corrected chi connectivity index (χ0v) is 35.4. The van der Waals surface area contributed by atoms with Crippen molar-refractivity contribution in [3.8, 4) is 0 Å². The third-order valence-corrected chi connectivity index (χ3v) is 12.7. The Balaban J connectivity index is 3.15. The van der Waals surface area contributed by atoms with Crippen LogP contribution in [0.15, 0.2) is 0 Å². The highest BCUT2D eigenvalue weighted by Gasteiger charge is 2.36. The fourth-order valence-corrected chi connectivity index (χ4v) is 5.06. The second-order valence-corrected chi connectivity index (χ2v) is 18.5. The van der Waals surface area contributed by atoms with Gasteiger partial charge in [0.05, 0.1) is 152 Å². The van der Waals surface area contributed by atoms with Gasteiger partial charge in [-0.05, 0) is 24.6 Å². The van der Waals surface area contributed by atoms with E-state index in [1.807, 2.05) is 0 Å². The van der Waals surface area contributed by atoms with Gasteiger partial charge in [-0.15, -0.1) is 0 Å². The van der Waals surface area contributed by atoms with Gasteiger partial charge in [-0.25, -0.2) is 0 Å². The fraction of sp³-hybridized carbons (Fsp3) is 0.974. The second-order valence-electron chi connectivity index (χ2n) is 13.7. The van der Waals surface area contributed by atoms with Crippen LogP contribution in [-0.4, -0.2) is 173 Å². The lowest BCUT2D eigenvalue weighted by molar-refractivity contribution is -0.145. The van der Waals surface area contributed by atoms with E-state index in [0.717, 1.165) is 12.8 Å². The fourth-order valence-electron chi connectivity index (χ4n) is 4.03. The van der Waals surface area contributed by atoms with Crippen LogP contribution in [0.4, 0.5) is 0 Å². The van der Waals surface area contributed by atoms with Crippen molar-refractivity contribution in [2.24, 2.45) is 0 Å². The van der Waals surface area contributed by atoms with Crippen LogP contribution in [0.1, 0.15) is 66.2 Å². The van der Waals surface area contributed by atoms with E-state index in [1.165, 1.54) is 19.3 Å². The number of hydrogen-bond acceptors (Lipinski definition) is 14. The van der Waals surface area contributed by atoms with E-state index in [2.05, 4.69) is 40.8 Å². The van der Waals surface area contributed by atoms with Crippen LogP contribution in [0.3, 0.4) is 0 Å². The smallest absolute Gasteiger partial charge is 0.305 e. The highest BCUT2D eigenvalue weighted by atomic mass is 28.4. The monoisotopic (exact) mass is 787 g/mol. The minimum atomic E-state index is -1.70. The lowest BCUT2D eigenvalue weighted by Crippen LogP contribution is -2.41. The van der Waals surface area contributed by atoms with Crippen LogP contribution in [0.2, 0.25) is 18.1 Å². The Morgan fingerprint density at radius 2 is 0.660 bits per heavy atom. The van der Waals surface area contributed by atoms with E-state index in [1.54, 1.807) is 0 Å². The summed E-state index contributed by atoms with van der Waals surface area (Å²) >= 11 is 0. The van der Waals surface area contributed by atoms with Crippen molar-refractivity contribution in [3.05, 3.63) is 0 Å². The molecular weight excluding hydrogens is 708 g/mol. The van der Waals surface area contributed by atoms with Gasteiger partial charge >= 0.3 is 5.97 Å². The predicted octanol–water partition coefficient (Wildman–Crippen LogP) is 5.09. The summed E-state index contributed by atoms with van der Waals surface area (Å²) in [5, 5.41) is 0.213. The number of rotatable bonds is 43. The molecule has 0 saturated carbocycles. The number of carbonyl (C=O) groups excluding carboxylic acids is 1. The summed E-state index contributed by atoms with van der Waals surface area (Å²) in [5.74, 6) is -0.148. The summed E-state index contributed by atoms with van der Waals surface area (Å²) in [6, 6.07) is 0. The first-order valence-corrected chi connectivity index (χ1v) is 22.8. The molecule has 14 nitrogen and oxygen atoms in total. The molecule has 0 aromatic carbocycles. The van der Waals surface area contributed by atoms with Crippen molar-refractivity contribution >= 4 is 14.3 Å². The summed E-state index contributed by atoms with van der Waals surface area (Å²) in [6.07, 6.45) is 6.07. The zero-order valence-electron chi connectivity index (χ0n) is 34.4. The second kappa shape index (κ2) is 39.4. The van der Waals surface area contributed by atoms with Crippen molar-refractivity contribution in [2.75, 3.05) is 159 Å². The Kier molecular flexibility index (Phi) is 38.9. The number of carbonyl (C=O) groups is 1. The molecule has 0 amide bonds. The first-order valence-electron chi connectivity index (χ1n) is 19.9. The van der Waals surface area contributed by atoms with Gasteiger partial charge in [-0.1, -0.05) is 53.4 Å². The van der Waals surface area contributed by atoms with Gasteiger partial charge in [0.15, 0.2) is 8.32 Å². The molecule has 0 aliphatic rings. The van der Waals surface area contributed by atoms with Crippen molar-refractivity contribution in [1.29, 1.82) is 0 Å². The molecule has 0 aromatic heterocycles. The third-order valence-electron chi connectivity index (χ3n) is 8.19. The van der Waals surface area contributed by atoms with E-state index in [0.29, 0.717) is 158 Å². The maximum absolute atomic E-state index is 11.6. The van der Waals surface area contributed by atoms with Crippen LogP contribution in [0.5, 0.6) is 0 Å². The van der Waals surface area contributed by atoms with Crippen LogP contribution < -0.4 is 0 Å². The van der Waals surface area contributed by atoms with Gasteiger partial charge in [0.25, 0.3) is 0 Å². The summed E-state index contributed by atoms with van der Waals surface area (Å²) in [7, 11) is -1.70. The topological polar surface area (TPSA) is 137 Å². The molecular formula is C38H78O14Si. The van der Waals surface area contributed by atoms with Crippen LogP contribution in [0.25, 0.3) is 0 Å². The SMILES string of the molecule is CCCCCCCC(=O)OCCOCCOCCOCCOCCOCCOCCOCCOCCOCCOCCOCCO[Si](C)(C)C(C)(C)C. The molecule has 0 aromatic rings. The highest BCUT2D eigenvalue weighted by Crippen LogP contribution is 2.36. The van der Waals surface area contributed by atoms with Gasteiger partial charge in [-0.3, -0.25) is 4.79 Å². The molecule has 0 atom stereocenters. The van der Waals surface area contributed by atoms with Crippen LogP contribution >= 0.6 is 0 Å². The molecule has 0 spiro atoms. The van der Waals surface area contributed by atoms with Gasteiger partial charge in [-0.2, -0.15) is 0 Å². The first-order chi connectivity index (χ1) is 25.7. The normalized spacial score (nSPS) is 12.2. The third kappa shape index (κ3) is 39.2. The predicted molar refractivity (Wildman–Crippen MR) is 206 cm³/mol. The molecule has 15 heteroatoms. The highest BCUT2D eigenvalue weighted by molar-refractivity contribution is 6.74. The van der Waals surface area contributed by atoms with Crippen LogP contribution in [-0.2, 0) is 66.1 Å². The molecule has 0 fully saturated rings.